The van der Waals surface area contributed by atoms with Crippen LogP contribution in [0.1, 0.15) is 73.4 Å². The molecule has 1 aromatic rings. The Kier molecular flexibility index (Phi) is 7.65. The van der Waals surface area contributed by atoms with Gasteiger partial charge < -0.3 is 9.80 Å². The van der Waals surface area contributed by atoms with Crippen LogP contribution in [0.5, 0.6) is 0 Å². The van der Waals surface area contributed by atoms with E-state index in [4.69, 9.17) is 0 Å². The molecule has 2 fully saturated rings. The number of carbonyl (C=O) groups is 2. The van der Waals surface area contributed by atoms with Gasteiger partial charge in [0.25, 0.3) is 5.91 Å². The maximum absolute atomic E-state index is 13.2. The molecule has 0 spiro atoms. The largest absolute Gasteiger partial charge is 0.416 e. The average molecular weight is 439 g/mol. The maximum Gasteiger partial charge on any atom is 0.416 e. The van der Waals surface area contributed by atoms with Crippen LogP contribution in [0, 0.1) is 18.8 Å². The molecule has 0 atom stereocenters. The Labute approximate surface area is 182 Å². The SMILES string of the molecule is CCCN(CCC1CCC1)C(=O)C1CCN(C(=O)c2ccc(C)c(C(F)(F)F)c2)CC1. The molecule has 7 heteroatoms. The van der Waals surface area contributed by atoms with Crippen molar-refractivity contribution >= 4 is 11.8 Å². The van der Waals surface area contributed by atoms with Crippen molar-refractivity contribution in [3.63, 3.8) is 0 Å². The van der Waals surface area contributed by atoms with E-state index in [1.54, 1.807) is 4.90 Å². The molecule has 1 aliphatic carbocycles. The van der Waals surface area contributed by atoms with Crippen LogP contribution >= 0.6 is 0 Å². The summed E-state index contributed by atoms with van der Waals surface area (Å²) in [5, 5.41) is 0. The van der Waals surface area contributed by atoms with Crippen molar-refractivity contribution in [2.75, 3.05) is 26.2 Å². The summed E-state index contributed by atoms with van der Waals surface area (Å²) in [4.78, 5) is 29.4. The second-order valence-electron chi connectivity index (χ2n) is 9.00. The van der Waals surface area contributed by atoms with Gasteiger partial charge in [-0.05, 0) is 56.2 Å². The van der Waals surface area contributed by atoms with Gasteiger partial charge in [-0.25, -0.2) is 0 Å². The molecule has 31 heavy (non-hydrogen) atoms. The number of likely N-dealkylation sites (tertiary alicyclic amines) is 1. The Morgan fingerprint density at radius 1 is 1.10 bits per heavy atom. The molecule has 2 aliphatic rings. The summed E-state index contributed by atoms with van der Waals surface area (Å²) in [6, 6.07) is 3.74. The summed E-state index contributed by atoms with van der Waals surface area (Å²) in [5.74, 6) is 0.415. The van der Waals surface area contributed by atoms with Crippen molar-refractivity contribution in [1.29, 1.82) is 0 Å². The van der Waals surface area contributed by atoms with Crippen LogP contribution in [0.25, 0.3) is 0 Å². The number of nitrogens with zero attached hydrogens (tertiary/aromatic N) is 2. The van der Waals surface area contributed by atoms with Crippen molar-refractivity contribution in [3.05, 3.63) is 34.9 Å². The van der Waals surface area contributed by atoms with Crippen LogP contribution < -0.4 is 0 Å². The highest BCUT2D eigenvalue weighted by Gasteiger charge is 2.34. The van der Waals surface area contributed by atoms with Crippen molar-refractivity contribution in [2.45, 2.75) is 65.0 Å². The highest BCUT2D eigenvalue weighted by Crippen LogP contribution is 2.33. The zero-order valence-electron chi connectivity index (χ0n) is 18.5. The molecule has 172 valence electrons. The van der Waals surface area contributed by atoms with Crippen molar-refractivity contribution in [3.8, 4) is 0 Å². The topological polar surface area (TPSA) is 40.6 Å². The Bertz CT molecular complexity index is 782. The standard InChI is InChI=1S/C24H33F3N2O2/c1-3-12-28(13-9-18-5-4-6-18)22(30)19-10-14-29(15-11-19)23(31)20-8-7-17(2)21(16-20)24(25,26)27/h7-8,16,18-19H,3-6,9-15H2,1-2H3. The number of benzene rings is 1. The van der Waals surface area contributed by atoms with Crippen molar-refractivity contribution in [1.82, 2.24) is 9.80 Å². The van der Waals surface area contributed by atoms with Gasteiger partial charge in [-0.3, -0.25) is 9.59 Å². The molecule has 1 heterocycles. The first-order valence-electron chi connectivity index (χ1n) is 11.5. The zero-order chi connectivity index (χ0) is 22.6. The molecule has 3 rings (SSSR count). The molecule has 0 aromatic heterocycles. The van der Waals surface area contributed by atoms with E-state index in [9.17, 15) is 22.8 Å². The van der Waals surface area contributed by atoms with Gasteiger partial charge in [0, 0.05) is 37.7 Å². The highest BCUT2D eigenvalue weighted by atomic mass is 19.4. The summed E-state index contributed by atoms with van der Waals surface area (Å²) >= 11 is 0. The lowest BCUT2D eigenvalue weighted by molar-refractivity contribution is -0.138. The minimum Gasteiger partial charge on any atom is -0.342 e. The van der Waals surface area contributed by atoms with E-state index < -0.39 is 17.6 Å². The molecule has 1 aliphatic heterocycles. The Balaban J connectivity index is 1.57. The number of amides is 2. The number of hydrogen-bond donors (Lipinski definition) is 0. The molecule has 0 radical (unpaired) electrons. The second kappa shape index (κ2) is 10.0. The predicted octanol–water partition coefficient (Wildman–Crippen LogP) is 5.29. The van der Waals surface area contributed by atoms with E-state index in [0.717, 1.165) is 37.9 Å². The van der Waals surface area contributed by atoms with Gasteiger partial charge in [-0.1, -0.05) is 32.3 Å². The molecule has 2 amide bonds. The lowest BCUT2D eigenvalue weighted by Crippen LogP contribution is -2.45. The number of piperidine rings is 1. The molecule has 0 N–H and O–H groups in total. The summed E-state index contributed by atoms with van der Waals surface area (Å²) < 4.78 is 39.6. The van der Waals surface area contributed by atoms with Crippen LogP contribution in [-0.4, -0.2) is 47.8 Å². The van der Waals surface area contributed by atoms with Crippen LogP contribution in [0.15, 0.2) is 18.2 Å². The Hall–Kier alpha value is -2.05. The van der Waals surface area contributed by atoms with Gasteiger partial charge >= 0.3 is 6.18 Å². The molecule has 0 unspecified atom stereocenters. The number of aryl methyl sites for hydroxylation is 1. The van der Waals surface area contributed by atoms with E-state index in [-0.39, 0.29) is 23.0 Å². The lowest BCUT2D eigenvalue weighted by Gasteiger charge is -2.35. The smallest absolute Gasteiger partial charge is 0.342 e. The molecular formula is C24H33F3N2O2. The van der Waals surface area contributed by atoms with Gasteiger partial charge in [0.15, 0.2) is 0 Å². The third-order valence-corrected chi connectivity index (χ3v) is 6.76. The fourth-order valence-corrected chi connectivity index (χ4v) is 4.55. The van der Waals surface area contributed by atoms with Gasteiger partial charge in [0.2, 0.25) is 5.91 Å². The molecule has 1 saturated carbocycles. The zero-order valence-corrected chi connectivity index (χ0v) is 18.5. The number of rotatable bonds is 7. The first kappa shape index (κ1) is 23.6. The van der Waals surface area contributed by atoms with Gasteiger partial charge in [0.05, 0.1) is 5.56 Å². The second-order valence-corrected chi connectivity index (χ2v) is 9.00. The van der Waals surface area contributed by atoms with E-state index in [1.165, 1.54) is 38.3 Å². The van der Waals surface area contributed by atoms with Crippen LogP contribution in [0.4, 0.5) is 13.2 Å². The van der Waals surface area contributed by atoms with E-state index in [0.29, 0.717) is 25.9 Å². The van der Waals surface area contributed by atoms with E-state index in [1.807, 2.05) is 4.90 Å². The van der Waals surface area contributed by atoms with Gasteiger partial charge in [0.1, 0.15) is 0 Å². The third-order valence-electron chi connectivity index (χ3n) is 6.76. The lowest BCUT2D eigenvalue weighted by atomic mass is 9.83. The molecule has 4 nitrogen and oxygen atoms in total. The van der Waals surface area contributed by atoms with Crippen LogP contribution in [-0.2, 0) is 11.0 Å². The quantitative estimate of drug-likeness (QED) is 0.580. The molecule has 0 bridgehead atoms. The fourth-order valence-electron chi connectivity index (χ4n) is 4.55. The number of alkyl halides is 3. The van der Waals surface area contributed by atoms with Crippen LogP contribution in [0.2, 0.25) is 0 Å². The fraction of sp³-hybridized carbons (Fsp3) is 0.667. The van der Waals surface area contributed by atoms with Crippen molar-refractivity contribution < 1.29 is 22.8 Å². The number of carbonyl (C=O) groups excluding carboxylic acids is 2. The Morgan fingerprint density at radius 3 is 2.32 bits per heavy atom. The summed E-state index contributed by atoms with van der Waals surface area (Å²) in [7, 11) is 0. The summed E-state index contributed by atoms with van der Waals surface area (Å²) in [6.07, 6.45) is 2.46. The summed E-state index contributed by atoms with van der Waals surface area (Å²) in [5.41, 5.74) is -0.618. The van der Waals surface area contributed by atoms with E-state index in [2.05, 4.69) is 6.92 Å². The maximum atomic E-state index is 13.2. The predicted molar refractivity (Wildman–Crippen MR) is 114 cm³/mol. The van der Waals surface area contributed by atoms with E-state index >= 15 is 0 Å². The molecule has 1 saturated heterocycles. The van der Waals surface area contributed by atoms with Crippen molar-refractivity contribution in [2.24, 2.45) is 11.8 Å². The van der Waals surface area contributed by atoms with Crippen LogP contribution in [0.3, 0.4) is 0 Å². The number of halogens is 3. The normalized spacial score (nSPS) is 18.0. The molecule has 1 aromatic carbocycles. The minimum atomic E-state index is -4.48. The monoisotopic (exact) mass is 438 g/mol. The third kappa shape index (κ3) is 5.80. The average Bonchev–Trinajstić information content (AvgIpc) is 2.70. The minimum absolute atomic E-state index is 0.0517. The number of hydrogen-bond acceptors (Lipinski definition) is 2. The first-order chi connectivity index (χ1) is 14.7. The van der Waals surface area contributed by atoms with Gasteiger partial charge in [-0.15, -0.1) is 0 Å². The van der Waals surface area contributed by atoms with Gasteiger partial charge in [-0.2, -0.15) is 13.2 Å². The summed E-state index contributed by atoms with van der Waals surface area (Å²) in [6.45, 7) is 5.82. The first-order valence-corrected chi connectivity index (χ1v) is 11.5. The Morgan fingerprint density at radius 2 is 1.77 bits per heavy atom. The highest BCUT2D eigenvalue weighted by molar-refractivity contribution is 5.94. The molecular weight excluding hydrogens is 405 g/mol.